The molecular weight excluding hydrogens is 342 g/mol. The Balaban J connectivity index is 1.77. The first-order valence-corrected chi connectivity index (χ1v) is 8.91. The van der Waals surface area contributed by atoms with E-state index in [0.717, 1.165) is 11.3 Å². The maximum absolute atomic E-state index is 12.4. The van der Waals surface area contributed by atoms with Gasteiger partial charge in [-0.1, -0.05) is 6.07 Å². The minimum Gasteiger partial charge on any atom is -0.465 e. The Morgan fingerprint density at radius 1 is 1.30 bits per heavy atom. The molecule has 1 aliphatic heterocycles. The van der Waals surface area contributed by atoms with E-state index < -0.39 is 16.0 Å². The molecule has 0 atom stereocenters. The molecule has 1 aliphatic rings. The number of methoxy groups -OCH3 is 1. The summed E-state index contributed by atoms with van der Waals surface area (Å²) in [6, 6.07) is 6.54. The number of esters is 1. The summed E-state index contributed by atoms with van der Waals surface area (Å²) >= 11 is 1.02. The van der Waals surface area contributed by atoms with Gasteiger partial charge in [0.25, 0.3) is 0 Å². The largest absolute Gasteiger partial charge is 0.465 e. The molecule has 3 rings (SSSR count). The van der Waals surface area contributed by atoms with Gasteiger partial charge in [0, 0.05) is 6.54 Å². The molecule has 1 N–H and O–H groups in total. The Labute approximate surface area is 136 Å². The topological polar surface area (TPSA) is 90.9 Å². The van der Waals surface area contributed by atoms with Crippen molar-refractivity contribution in [2.75, 3.05) is 13.9 Å². The first-order chi connectivity index (χ1) is 11.0. The van der Waals surface area contributed by atoms with Crippen LogP contribution in [-0.2, 0) is 21.3 Å². The molecule has 0 saturated carbocycles. The molecule has 0 unspecified atom stereocenters. The smallest absolute Gasteiger partial charge is 0.349 e. The van der Waals surface area contributed by atoms with E-state index in [9.17, 15) is 13.2 Å². The Morgan fingerprint density at radius 2 is 2.09 bits per heavy atom. The zero-order valence-corrected chi connectivity index (χ0v) is 13.7. The van der Waals surface area contributed by atoms with Gasteiger partial charge < -0.3 is 14.2 Å². The summed E-state index contributed by atoms with van der Waals surface area (Å²) < 4.78 is 42.3. The van der Waals surface area contributed by atoms with Crippen LogP contribution in [0.4, 0.5) is 0 Å². The number of thiophene rings is 1. The van der Waals surface area contributed by atoms with Gasteiger partial charge in [-0.05, 0) is 29.1 Å². The summed E-state index contributed by atoms with van der Waals surface area (Å²) in [6.45, 7) is 0.220. The predicted molar refractivity (Wildman–Crippen MR) is 82.2 cm³/mol. The van der Waals surface area contributed by atoms with Gasteiger partial charge in [-0.3, -0.25) is 0 Å². The van der Waals surface area contributed by atoms with Crippen molar-refractivity contribution in [1.82, 2.24) is 4.72 Å². The summed E-state index contributed by atoms with van der Waals surface area (Å²) in [5, 5.41) is 1.53. The van der Waals surface area contributed by atoms with Crippen LogP contribution < -0.4 is 14.2 Å². The minimum absolute atomic E-state index is 0.0469. The number of carbonyl (C=O) groups excluding carboxylic acids is 1. The van der Waals surface area contributed by atoms with Crippen LogP contribution in [0.5, 0.6) is 11.5 Å². The van der Waals surface area contributed by atoms with Gasteiger partial charge in [0.2, 0.25) is 16.8 Å². The molecule has 0 amide bonds. The highest BCUT2D eigenvalue weighted by atomic mass is 32.2. The molecule has 1 aromatic carbocycles. The van der Waals surface area contributed by atoms with Crippen molar-refractivity contribution in [3.8, 4) is 11.5 Å². The van der Waals surface area contributed by atoms with Crippen molar-refractivity contribution < 1.29 is 27.4 Å². The summed E-state index contributed by atoms with van der Waals surface area (Å²) in [7, 11) is -2.62. The van der Waals surface area contributed by atoms with Crippen LogP contribution >= 0.6 is 11.3 Å². The standard InChI is InChI=1S/C14H13NO6S2/c1-19-14(16)13-12(4-5-22-13)23(17,18)15-7-9-2-3-10-11(6-9)21-8-20-10/h2-6,15H,7-8H2,1H3. The van der Waals surface area contributed by atoms with Gasteiger partial charge >= 0.3 is 5.97 Å². The molecule has 0 saturated heterocycles. The van der Waals surface area contributed by atoms with Crippen LogP contribution in [0.25, 0.3) is 0 Å². The molecule has 0 bridgehead atoms. The van der Waals surface area contributed by atoms with E-state index in [2.05, 4.69) is 9.46 Å². The average Bonchev–Trinajstić information content (AvgIpc) is 3.20. The van der Waals surface area contributed by atoms with Gasteiger partial charge in [-0.25, -0.2) is 17.9 Å². The van der Waals surface area contributed by atoms with Gasteiger partial charge in [0.05, 0.1) is 7.11 Å². The summed E-state index contributed by atoms with van der Waals surface area (Å²) in [6.07, 6.45) is 0. The predicted octanol–water partition coefficient (Wildman–Crippen LogP) is 1.74. The third-order valence-corrected chi connectivity index (χ3v) is 5.66. The van der Waals surface area contributed by atoms with Crippen LogP contribution in [0.3, 0.4) is 0 Å². The third-order valence-electron chi connectivity index (χ3n) is 3.19. The lowest BCUT2D eigenvalue weighted by Gasteiger charge is -2.08. The molecule has 122 valence electrons. The fourth-order valence-corrected chi connectivity index (χ4v) is 4.41. The van der Waals surface area contributed by atoms with Gasteiger partial charge in [-0.2, -0.15) is 0 Å². The molecule has 0 fully saturated rings. The minimum atomic E-state index is -3.83. The monoisotopic (exact) mass is 355 g/mol. The number of hydrogen-bond acceptors (Lipinski definition) is 7. The van der Waals surface area contributed by atoms with E-state index in [4.69, 9.17) is 9.47 Å². The van der Waals surface area contributed by atoms with Crippen LogP contribution in [0, 0.1) is 0 Å². The summed E-state index contributed by atoms with van der Waals surface area (Å²) in [5.74, 6) is 0.526. The van der Waals surface area contributed by atoms with Crippen molar-refractivity contribution in [3.63, 3.8) is 0 Å². The van der Waals surface area contributed by atoms with Crippen LogP contribution in [-0.4, -0.2) is 28.3 Å². The second kappa shape index (κ2) is 6.19. The van der Waals surface area contributed by atoms with E-state index in [1.54, 1.807) is 18.2 Å². The lowest BCUT2D eigenvalue weighted by Crippen LogP contribution is -2.24. The van der Waals surface area contributed by atoms with Gasteiger partial charge in [-0.15, -0.1) is 11.3 Å². The molecule has 0 spiro atoms. The average molecular weight is 355 g/mol. The summed E-state index contributed by atoms with van der Waals surface area (Å²) in [4.78, 5) is 11.6. The van der Waals surface area contributed by atoms with E-state index in [0.29, 0.717) is 17.1 Å². The fourth-order valence-electron chi connectivity index (χ4n) is 2.06. The number of nitrogens with one attached hydrogen (secondary N) is 1. The third kappa shape index (κ3) is 3.16. The maximum Gasteiger partial charge on any atom is 0.349 e. The first kappa shape index (κ1) is 15.8. The van der Waals surface area contributed by atoms with Crippen molar-refractivity contribution in [2.24, 2.45) is 0 Å². The van der Waals surface area contributed by atoms with E-state index in [-0.39, 0.29) is 23.1 Å². The van der Waals surface area contributed by atoms with Gasteiger partial charge in [0.15, 0.2) is 11.5 Å². The number of hydrogen-bond donors (Lipinski definition) is 1. The lowest BCUT2D eigenvalue weighted by molar-refractivity contribution is 0.0602. The van der Waals surface area contributed by atoms with Crippen LogP contribution in [0.2, 0.25) is 0 Å². The van der Waals surface area contributed by atoms with Crippen molar-refractivity contribution in [1.29, 1.82) is 0 Å². The highest BCUT2D eigenvalue weighted by molar-refractivity contribution is 7.89. The molecule has 1 aromatic heterocycles. The SMILES string of the molecule is COC(=O)c1sccc1S(=O)(=O)NCc1ccc2c(c1)OCO2. The Hall–Kier alpha value is -2.10. The van der Waals surface area contributed by atoms with Crippen LogP contribution in [0.1, 0.15) is 15.2 Å². The second-order valence-corrected chi connectivity index (χ2v) is 7.27. The Bertz CT molecular complexity index is 843. The van der Waals surface area contributed by atoms with Crippen molar-refractivity contribution >= 4 is 27.3 Å². The number of carbonyl (C=O) groups is 1. The quantitative estimate of drug-likeness (QED) is 0.822. The number of ether oxygens (including phenoxy) is 3. The number of benzene rings is 1. The highest BCUT2D eigenvalue weighted by Gasteiger charge is 2.24. The molecule has 7 nitrogen and oxygen atoms in total. The highest BCUT2D eigenvalue weighted by Crippen LogP contribution is 2.32. The molecule has 2 aromatic rings. The molecule has 23 heavy (non-hydrogen) atoms. The zero-order valence-electron chi connectivity index (χ0n) is 12.1. The number of rotatable bonds is 5. The molecule has 0 aliphatic carbocycles. The van der Waals surface area contributed by atoms with E-state index in [1.807, 2.05) is 0 Å². The van der Waals surface area contributed by atoms with Crippen molar-refractivity contribution in [3.05, 3.63) is 40.1 Å². The number of fused-ring (bicyclic) bond motifs is 1. The van der Waals surface area contributed by atoms with E-state index >= 15 is 0 Å². The van der Waals surface area contributed by atoms with Crippen LogP contribution in [0.15, 0.2) is 34.5 Å². The zero-order chi connectivity index (χ0) is 16.4. The molecule has 9 heteroatoms. The van der Waals surface area contributed by atoms with E-state index in [1.165, 1.54) is 18.6 Å². The molecular formula is C14H13NO6S2. The summed E-state index contributed by atoms with van der Waals surface area (Å²) in [5.41, 5.74) is 0.715. The Kier molecular flexibility index (Phi) is 4.24. The fraction of sp³-hybridized carbons (Fsp3) is 0.214. The molecule has 2 heterocycles. The number of sulfonamides is 1. The Morgan fingerprint density at radius 3 is 2.87 bits per heavy atom. The second-order valence-electron chi connectivity index (χ2n) is 4.62. The van der Waals surface area contributed by atoms with Gasteiger partial charge in [0.1, 0.15) is 9.77 Å². The maximum atomic E-state index is 12.4. The molecule has 0 radical (unpaired) electrons. The van der Waals surface area contributed by atoms with Crippen molar-refractivity contribution in [2.45, 2.75) is 11.4 Å². The first-order valence-electron chi connectivity index (χ1n) is 6.55. The normalized spacial score (nSPS) is 13.1. The lowest BCUT2D eigenvalue weighted by atomic mass is 10.2.